The quantitative estimate of drug-likeness (QED) is 0.434. The summed E-state index contributed by atoms with van der Waals surface area (Å²) in [6.45, 7) is 8.42. The molecular formula is C16H33O. The smallest absolute Gasteiger partial charge is 0.0978 e. The largest absolute Gasteiger partial charge is 0.233 e. The molecule has 0 aromatic heterocycles. The molecule has 0 N–H and O–H groups in total. The average molecular weight is 241 g/mol. The van der Waals surface area contributed by atoms with Crippen LogP contribution < -0.4 is 0 Å². The van der Waals surface area contributed by atoms with Gasteiger partial charge in [0, 0.05) is 0 Å². The van der Waals surface area contributed by atoms with E-state index in [0.717, 1.165) is 12.8 Å². The maximum absolute atomic E-state index is 11.8. The summed E-state index contributed by atoms with van der Waals surface area (Å²) < 4.78 is 0. The molecule has 1 heteroatoms. The molecule has 0 heterocycles. The van der Waals surface area contributed by atoms with Crippen LogP contribution in [0.4, 0.5) is 0 Å². The van der Waals surface area contributed by atoms with Gasteiger partial charge in [0.05, 0.1) is 6.10 Å². The molecule has 0 aliphatic heterocycles. The minimum Gasteiger partial charge on any atom is -0.233 e. The SMILES string of the molecule is CCCCCCCCCCCC([O])C(C)(C)C. The van der Waals surface area contributed by atoms with Crippen LogP contribution in [0, 0.1) is 5.41 Å². The van der Waals surface area contributed by atoms with E-state index >= 15 is 0 Å². The van der Waals surface area contributed by atoms with Gasteiger partial charge in [-0.05, 0) is 11.8 Å². The molecular weight excluding hydrogens is 208 g/mol. The second-order valence-corrected chi connectivity index (χ2v) is 6.47. The highest BCUT2D eigenvalue weighted by atomic mass is 16.3. The van der Waals surface area contributed by atoms with Crippen molar-refractivity contribution in [2.24, 2.45) is 5.41 Å². The van der Waals surface area contributed by atoms with Crippen molar-refractivity contribution in [2.45, 2.75) is 98.0 Å². The van der Waals surface area contributed by atoms with Crippen molar-refractivity contribution < 1.29 is 5.11 Å². The van der Waals surface area contributed by atoms with Gasteiger partial charge in [-0.2, -0.15) is 0 Å². The third-order valence-electron chi connectivity index (χ3n) is 3.54. The van der Waals surface area contributed by atoms with Crippen LogP contribution in [0.25, 0.3) is 0 Å². The Bertz CT molecular complexity index is 157. The fourth-order valence-electron chi connectivity index (χ4n) is 2.07. The number of unbranched alkanes of at least 4 members (excludes halogenated alkanes) is 8. The summed E-state index contributed by atoms with van der Waals surface area (Å²) in [5.74, 6) is 0. The molecule has 0 rings (SSSR count). The van der Waals surface area contributed by atoms with Gasteiger partial charge in [0.15, 0.2) is 0 Å². The Morgan fingerprint density at radius 1 is 0.765 bits per heavy atom. The van der Waals surface area contributed by atoms with Gasteiger partial charge in [0.2, 0.25) is 0 Å². The predicted molar refractivity (Wildman–Crippen MR) is 75.8 cm³/mol. The summed E-state index contributed by atoms with van der Waals surface area (Å²) in [7, 11) is 0. The van der Waals surface area contributed by atoms with Crippen LogP contribution in [0.3, 0.4) is 0 Å². The zero-order valence-electron chi connectivity index (χ0n) is 12.6. The lowest BCUT2D eigenvalue weighted by molar-refractivity contribution is -0.00715. The van der Waals surface area contributed by atoms with Crippen molar-refractivity contribution >= 4 is 0 Å². The normalized spacial score (nSPS) is 13.9. The lowest BCUT2D eigenvalue weighted by Gasteiger charge is -2.23. The summed E-state index contributed by atoms with van der Waals surface area (Å²) in [6, 6.07) is 0. The lowest BCUT2D eigenvalue weighted by atomic mass is 9.86. The molecule has 0 aliphatic carbocycles. The van der Waals surface area contributed by atoms with E-state index < -0.39 is 0 Å². The van der Waals surface area contributed by atoms with Gasteiger partial charge in [0.1, 0.15) is 0 Å². The molecule has 0 saturated heterocycles. The van der Waals surface area contributed by atoms with Gasteiger partial charge < -0.3 is 0 Å². The summed E-state index contributed by atoms with van der Waals surface area (Å²) in [5.41, 5.74) is -0.0554. The molecule has 0 bridgehead atoms. The maximum Gasteiger partial charge on any atom is 0.0978 e. The van der Waals surface area contributed by atoms with Crippen LogP contribution in [0.2, 0.25) is 0 Å². The van der Waals surface area contributed by atoms with Crippen LogP contribution in [0.1, 0.15) is 91.9 Å². The van der Waals surface area contributed by atoms with Crippen molar-refractivity contribution in [3.63, 3.8) is 0 Å². The van der Waals surface area contributed by atoms with Gasteiger partial charge in [-0.25, -0.2) is 5.11 Å². The Labute approximate surface area is 109 Å². The van der Waals surface area contributed by atoms with Gasteiger partial charge in [-0.15, -0.1) is 0 Å². The molecule has 1 nitrogen and oxygen atoms in total. The molecule has 0 aromatic rings. The Morgan fingerprint density at radius 2 is 1.18 bits per heavy atom. The molecule has 0 aliphatic rings. The Balaban J connectivity index is 3.19. The average Bonchev–Trinajstić information content (AvgIpc) is 2.25. The minimum absolute atomic E-state index is 0.0554. The number of rotatable bonds is 10. The van der Waals surface area contributed by atoms with Crippen molar-refractivity contribution in [1.29, 1.82) is 0 Å². The second-order valence-electron chi connectivity index (χ2n) is 6.47. The highest BCUT2D eigenvalue weighted by Gasteiger charge is 2.22. The van der Waals surface area contributed by atoms with Crippen molar-refractivity contribution in [3.8, 4) is 0 Å². The molecule has 1 radical (unpaired) electrons. The Morgan fingerprint density at radius 3 is 1.59 bits per heavy atom. The number of hydrogen-bond donors (Lipinski definition) is 0. The predicted octanol–water partition coefficient (Wildman–Crippen LogP) is 5.75. The van der Waals surface area contributed by atoms with Crippen LogP contribution in [-0.2, 0) is 5.11 Å². The van der Waals surface area contributed by atoms with Crippen molar-refractivity contribution in [3.05, 3.63) is 0 Å². The molecule has 1 atom stereocenters. The Hall–Kier alpha value is -0.0400. The lowest BCUT2D eigenvalue weighted by Crippen LogP contribution is -2.24. The zero-order chi connectivity index (χ0) is 13.1. The molecule has 0 fully saturated rings. The van der Waals surface area contributed by atoms with Crippen LogP contribution in [0.15, 0.2) is 0 Å². The van der Waals surface area contributed by atoms with E-state index in [-0.39, 0.29) is 11.5 Å². The van der Waals surface area contributed by atoms with Crippen LogP contribution in [-0.4, -0.2) is 6.10 Å². The molecule has 17 heavy (non-hydrogen) atoms. The molecule has 0 amide bonds. The summed E-state index contributed by atoms with van der Waals surface area (Å²) in [5, 5.41) is 11.8. The van der Waals surface area contributed by atoms with E-state index in [4.69, 9.17) is 0 Å². The molecule has 103 valence electrons. The fraction of sp³-hybridized carbons (Fsp3) is 1.00. The summed E-state index contributed by atoms with van der Waals surface area (Å²) in [6.07, 6.45) is 12.5. The highest BCUT2D eigenvalue weighted by Crippen LogP contribution is 2.24. The van der Waals surface area contributed by atoms with Gasteiger partial charge >= 0.3 is 0 Å². The fourth-order valence-corrected chi connectivity index (χ4v) is 2.07. The number of hydrogen-bond acceptors (Lipinski definition) is 0. The highest BCUT2D eigenvalue weighted by molar-refractivity contribution is 4.71. The topological polar surface area (TPSA) is 19.9 Å². The van der Waals surface area contributed by atoms with E-state index in [1.807, 2.05) is 0 Å². The van der Waals surface area contributed by atoms with Crippen LogP contribution in [0.5, 0.6) is 0 Å². The monoisotopic (exact) mass is 241 g/mol. The molecule has 0 spiro atoms. The van der Waals surface area contributed by atoms with Gasteiger partial charge in [0.25, 0.3) is 0 Å². The van der Waals surface area contributed by atoms with Gasteiger partial charge in [-0.3, -0.25) is 0 Å². The third-order valence-corrected chi connectivity index (χ3v) is 3.54. The van der Waals surface area contributed by atoms with Crippen molar-refractivity contribution in [1.82, 2.24) is 0 Å². The second kappa shape index (κ2) is 9.94. The summed E-state index contributed by atoms with van der Waals surface area (Å²) in [4.78, 5) is 0. The van der Waals surface area contributed by atoms with Gasteiger partial charge in [-0.1, -0.05) is 85.5 Å². The first-order valence-corrected chi connectivity index (χ1v) is 7.64. The van der Waals surface area contributed by atoms with Crippen molar-refractivity contribution in [2.75, 3.05) is 0 Å². The minimum atomic E-state index is -0.382. The molecule has 0 aromatic carbocycles. The maximum atomic E-state index is 11.8. The first-order valence-electron chi connectivity index (χ1n) is 7.64. The molecule has 1 unspecified atom stereocenters. The third kappa shape index (κ3) is 10.8. The first-order chi connectivity index (χ1) is 7.98. The van der Waals surface area contributed by atoms with Crippen LogP contribution >= 0.6 is 0 Å². The van der Waals surface area contributed by atoms with E-state index in [9.17, 15) is 5.11 Å². The first kappa shape index (κ1) is 17.0. The Kier molecular flexibility index (Phi) is 9.91. The standard InChI is InChI=1S/C16H33O/c1-5-6-7-8-9-10-11-12-13-14-15(17)16(2,3)4/h15H,5-14H2,1-4H3. The van der Waals surface area contributed by atoms with E-state index in [1.54, 1.807) is 0 Å². The summed E-state index contributed by atoms with van der Waals surface area (Å²) >= 11 is 0. The van der Waals surface area contributed by atoms with E-state index in [1.165, 1.54) is 51.4 Å². The zero-order valence-corrected chi connectivity index (χ0v) is 12.6. The molecule has 0 saturated carbocycles. The van der Waals surface area contributed by atoms with E-state index in [2.05, 4.69) is 27.7 Å². The van der Waals surface area contributed by atoms with E-state index in [0.29, 0.717) is 0 Å².